The van der Waals surface area contributed by atoms with E-state index in [1.165, 1.54) is 5.56 Å². The molecule has 1 aliphatic rings. The Morgan fingerprint density at radius 1 is 1.27 bits per heavy atom. The molecular formula is C21H23N3O2. The van der Waals surface area contributed by atoms with Gasteiger partial charge in [0.1, 0.15) is 17.5 Å². The number of hydrogen-bond acceptors (Lipinski definition) is 4. The maximum atomic E-state index is 12.7. The highest BCUT2D eigenvalue weighted by molar-refractivity contribution is 5.92. The summed E-state index contributed by atoms with van der Waals surface area (Å²) in [7, 11) is 1.70. The summed E-state index contributed by atoms with van der Waals surface area (Å²) in [5, 5.41) is 8.99. The van der Waals surface area contributed by atoms with Crippen molar-refractivity contribution in [1.29, 1.82) is 5.26 Å². The SMILES string of the molecule is COc1ccccc1CC1CCN(C(=O)c2ccc(C#N)c(C)n2)CC1. The zero-order valence-electron chi connectivity index (χ0n) is 15.2. The first-order valence-electron chi connectivity index (χ1n) is 8.91. The minimum absolute atomic E-state index is 0.0478. The van der Waals surface area contributed by atoms with Gasteiger partial charge < -0.3 is 9.64 Å². The quantitative estimate of drug-likeness (QED) is 0.849. The molecule has 1 amide bonds. The Kier molecular flexibility index (Phi) is 5.52. The van der Waals surface area contributed by atoms with Crippen LogP contribution in [0.4, 0.5) is 0 Å². The van der Waals surface area contributed by atoms with E-state index in [1.54, 1.807) is 26.2 Å². The first-order valence-corrected chi connectivity index (χ1v) is 8.91. The van der Waals surface area contributed by atoms with Gasteiger partial charge in [-0.1, -0.05) is 18.2 Å². The number of carbonyl (C=O) groups is 1. The van der Waals surface area contributed by atoms with E-state index >= 15 is 0 Å². The molecule has 1 fully saturated rings. The first-order chi connectivity index (χ1) is 12.6. The predicted octanol–water partition coefficient (Wildman–Crippen LogP) is 3.37. The molecule has 0 radical (unpaired) electrons. The van der Waals surface area contributed by atoms with Crippen molar-refractivity contribution in [3.63, 3.8) is 0 Å². The van der Waals surface area contributed by atoms with Gasteiger partial charge in [-0.3, -0.25) is 4.79 Å². The summed E-state index contributed by atoms with van der Waals surface area (Å²) >= 11 is 0. The number of aromatic nitrogens is 1. The lowest BCUT2D eigenvalue weighted by Gasteiger charge is -2.32. The van der Waals surface area contributed by atoms with Crippen molar-refractivity contribution < 1.29 is 9.53 Å². The van der Waals surface area contributed by atoms with Crippen LogP contribution in [0.3, 0.4) is 0 Å². The number of hydrogen-bond donors (Lipinski definition) is 0. The van der Waals surface area contributed by atoms with Crippen LogP contribution in [0.1, 0.15) is 40.2 Å². The monoisotopic (exact) mass is 349 g/mol. The summed E-state index contributed by atoms with van der Waals surface area (Å²) < 4.78 is 5.44. The number of nitrogens with zero attached hydrogens (tertiary/aromatic N) is 3. The first kappa shape index (κ1) is 17.9. The molecule has 0 unspecified atom stereocenters. The molecule has 5 nitrogen and oxygen atoms in total. The standard InChI is InChI=1S/C21H23N3O2/c1-15-18(14-22)7-8-19(23-15)21(25)24-11-9-16(10-12-24)13-17-5-3-4-6-20(17)26-2/h3-8,16H,9-13H2,1-2H3. The summed E-state index contributed by atoms with van der Waals surface area (Å²) in [6, 6.07) is 13.5. The number of methoxy groups -OCH3 is 1. The van der Waals surface area contributed by atoms with E-state index in [2.05, 4.69) is 17.1 Å². The van der Waals surface area contributed by atoms with Crippen LogP contribution < -0.4 is 4.74 Å². The summed E-state index contributed by atoms with van der Waals surface area (Å²) in [4.78, 5) is 18.8. The number of ether oxygens (including phenoxy) is 1. The normalized spacial score (nSPS) is 14.7. The second-order valence-corrected chi connectivity index (χ2v) is 6.69. The molecule has 0 bridgehead atoms. The average molecular weight is 349 g/mol. The Hall–Kier alpha value is -2.87. The van der Waals surface area contributed by atoms with Gasteiger partial charge in [0.25, 0.3) is 5.91 Å². The molecule has 2 aromatic rings. The Labute approximate surface area is 154 Å². The van der Waals surface area contributed by atoms with Crippen LogP contribution in [0, 0.1) is 24.2 Å². The van der Waals surface area contributed by atoms with Gasteiger partial charge in [-0.25, -0.2) is 4.98 Å². The van der Waals surface area contributed by atoms with Crippen LogP contribution >= 0.6 is 0 Å². The molecule has 1 aromatic heterocycles. The van der Waals surface area contributed by atoms with E-state index in [-0.39, 0.29) is 5.91 Å². The lowest BCUT2D eigenvalue weighted by molar-refractivity contribution is 0.0684. The molecule has 2 heterocycles. The van der Waals surface area contributed by atoms with Crippen molar-refractivity contribution in [2.24, 2.45) is 5.92 Å². The van der Waals surface area contributed by atoms with E-state index in [9.17, 15) is 4.79 Å². The minimum atomic E-state index is -0.0478. The molecule has 0 atom stereocenters. The molecule has 0 aliphatic carbocycles. The van der Waals surface area contributed by atoms with Crippen molar-refractivity contribution in [3.8, 4) is 11.8 Å². The van der Waals surface area contributed by atoms with Crippen molar-refractivity contribution >= 4 is 5.91 Å². The third-order valence-corrected chi connectivity index (χ3v) is 5.03. The summed E-state index contributed by atoms with van der Waals surface area (Å²) in [6.45, 7) is 3.23. The zero-order valence-corrected chi connectivity index (χ0v) is 15.2. The lowest BCUT2D eigenvalue weighted by Crippen LogP contribution is -2.39. The molecule has 1 aliphatic heterocycles. The van der Waals surface area contributed by atoms with E-state index in [0.717, 1.165) is 38.1 Å². The van der Waals surface area contributed by atoms with Crippen molar-refractivity contribution in [2.45, 2.75) is 26.2 Å². The number of para-hydroxylation sites is 1. The lowest BCUT2D eigenvalue weighted by atomic mass is 9.89. The molecule has 134 valence electrons. The molecule has 0 spiro atoms. The highest BCUT2D eigenvalue weighted by Crippen LogP contribution is 2.27. The minimum Gasteiger partial charge on any atom is -0.496 e. The fourth-order valence-electron chi connectivity index (χ4n) is 3.48. The Balaban J connectivity index is 1.60. The Morgan fingerprint density at radius 3 is 2.65 bits per heavy atom. The molecule has 1 saturated heterocycles. The number of nitriles is 1. The van der Waals surface area contributed by atoms with Gasteiger partial charge in [0.05, 0.1) is 18.4 Å². The highest BCUT2D eigenvalue weighted by atomic mass is 16.5. The van der Waals surface area contributed by atoms with Crippen molar-refractivity contribution in [2.75, 3.05) is 20.2 Å². The zero-order chi connectivity index (χ0) is 18.5. The number of pyridine rings is 1. The molecule has 5 heteroatoms. The van der Waals surface area contributed by atoms with Crippen LogP contribution in [0.25, 0.3) is 0 Å². The second kappa shape index (κ2) is 8.01. The summed E-state index contributed by atoms with van der Waals surface area (Å²) in [5.74, 6) is 1.43. The average Bonchev–Trinajstić information content (AvgIpc) is 2.68. The number of rotatable bonds is 4. The Bertz CT molecular complexity index is 833. The summed E-state index contributed by atoms with van der Waals surface area (Å²) in [5.41, 5.74) is 2.76. The molecule has 3 rings (SSSR count). The number of piperidine rings is 1. The van der Waals surface area contributed by atoms with Crippen LogP contribution in [0.5, 0.6) is 5.75 Å². The largest absolute Gasteiger partial charge is 0.496 e. The number of likely N-dealkylation sites (tertiary alicyclic amines) is 1. The molecular weight excluding hydrogens is 326 g/mol. The van der Waals surface area contributed by atoms with E-state index in [4.69, 9.17) is 10.00 Å². The van der Waals surface area contributed by atoms with Gasteiger partial charge in [0.2, 0.25) is 0 Å². The molecule has 26 heavy (non-hydrogen) atoms. The molecule has 1 aromatic carbocycles. The van der Waals surface area contributed by atoms with Gasteiger partial charge in [-0.2, -0.15) is 5.26 Å². The van der Waals surface area contributed by atoms with Gasteiger partial charge >= 0.3 is 0 Å². The third-order valence-electron chi connectivity index (χ3n) is 5.03. The molecule has 0 N–H and O–H groups in total. The Morgan fingerprint density at radius 2 is 2.00 bits per heavy atom. The number of benzene rings is 1. The van der Waals surface area contributed by atoms with E-state index in [0.29, 0.717) is 22.9 Å². The third kappa shape index (κ3) is 3.85. The van der Waals surface area contributed by atoms with Gasteiger partial charge in [0.15, 0.2) is 0 Å². The number of amides is 1. The maximum Gasteiger partial charge on any atom is 0.272 e. The van der Waals surface area contributed by atoms with Gasteiger partial charge in [-0.05, 0) is 55.9 Å². The highest BCUT2D eigenvalue weighted by Gasteiger charge is 2.25. The fourth-order valence-corrected chi connectivity index (χ4v) is 3.48. The predicted molar refractivity (Wildman–Crippen MR) is 99.0 cm³/mol. The fraction of sp³-hybridized carbons (Fsp3) is 0.381. The summed E-state index contributed by atoms with van der Waals surface area (Å²) in [6.07, 6.45) is 2.92. The molecule has 0 saturated carbocycles. The van der Waals surface area contributed by atoms with Crippen LogP contribution in [-0.2, 0) is 6.42 Å². The topological polar surface area (TPSA) is 66.2 Å². The second-order valence-electron chi connectivity index (χ2n) is 6.69. The van der Waals surface area contributed by atoms with Crippen molar-refractivity contribution in [1.82, 2.24) is 9.88 Å². The van der Waals surface area contributed by atoms with E-state index < -0.39 is 0 Å². The van der Waals surface area contributed by atoms with Crippen molar-refractivity contribution in [3.05, 3.63) is 58.9 Å². The number of aryl methyl sites for hydroxylation is 1. The van der Waals surface area contributed by atoms with Crippen LogP contribution in [-0.4, -0.2) is 36.0 Å². The maximum absolute atomic E-state index is 12.7. The smallest absolute Gasteiger partial charge is 0.272 e. The number of carbonyl (C=O) groups excluding carboxylic acids is 1. The van der Waals surface area contributed by atoms with Crippen LogP contribution in [0.2, 0.25) is 0 Å². The van der Waals surface area contributed by atoms with Gasteiger partial charge in [0, 0.05) is 13.1 Å². The van der Waals surface area contributed by atoms with Crippen LogP contribution in [0.15, 0.2) is 36.4 Å². The van der Waals surface area contributed by atoms with Gasteiger partial charge in [-0.15, -0.1) is 0 Å². The van der Waals surface area contributed by atoms with E-state index in [1.807, 2.05) is 23.1 Å².